The molecule has 80 valence electrons. The van der Waals surface area contributed by atoms with Crippen molar-refractivity contribution in [1.82, 2.24) is 5.32 Å². The monoisotopic (exact) mass is 189 g/mol. The number of ether oxygens (including phenoxy) is 1. The number of rotatable bonds is 8. The minimum atomic E-state index is 0.262. The van der Waals surface area contributed by atoms with Crippen LogP contribution in [0.2, 0.25) is 0 Å². The third kappa shape index (κ3) is 6.99. The van der Waals surface area contributed by atoms with Gasteiger partial charge in [0.1, 0.15) is 0 Å². The highest BCUT2D eigenvalue weighted by Gasteiger charge is 2.08. The number of hydrogen-bond donors (Lipinski definition) is 2. The van der Waals surface area contributed by atoms with Crippen molar-refractivity contribution in [2.45, 2.75) is 45.3 Å². The molecule has 0 saturated heterocycles. The Bertz CT molecular complexity index is 109. The van der Waals surface area contributed by atoms with Gasteiger partial charge in [0.25, 0.3) is 0 Å². The summed E-state index contributed by atoms with van der Waals surface area (Å²) in [6.45, 7) is 5.50. The zero-order chi connectivity index (χ0) is 10.1. The Morgan fingerprint density at radius 1 is 1.23 bits per heavy atom. The third-order valence-electron chi connectivity index (χ3n) is 2.38. The molecular weight excluding hydrogens is 166 g/mol. The molecule has 0 rings (SSSR count). The fraction of sp³-hybridized carbons (Fsp3) is 1.00. The molecule has 0 aliphatic rings. The van der Waals surface area contributed by atoms with Gasteiger partial charge in [-0.2, -0.15) is 0 Å². The predicted molar refractivity (Wildman–Crippen MR) is 54.9 cm³/mol. The smallest absolute Gasteiger partial charge is 0.0693 e. The van der Waals surface area contributed by atoms with Gasteiger partial charge in [0.2, 0.25) is 0 Å². The second kappa shape index (κ2) is 8.48. The van der Waals surface area contributed by atoms with E-state index >= 15 is 0 Å². The van der Waals surface area contributed by atoms with Crippen LogP contribution in [0.15, 0.2) is 0 Å². The molecule has 0 saturated carbocycles. The van der Waals surface area contributed by atoms with Gasteiger partial charge in [-0.1, -0.05) is 0 Å². The lowest BCUT2D eigenvalue weighted by Gasteiger charge is -2.19. The van der Waals surface area contributed by atoms with Crippen LogP contribution in [0.3, 0.4) is 0 Å². The van der Waals surface area contributed by atoms with Crippen molar-refractivity contribution >= 4 is 0 Å². The Kier molecular flexibility index (Phi) is 8.40. The summed E-state index contributed by atoms with van der Waals surface area (Å²) in [6, 6.07) is 0.402. The van der Waals surface area contributed by atoms with Crippen molar-refractivity contribution in [3.8, 4) is 0 Å². The molecule has 0 spiro atoms. The Balaban J connectivity index is 3.21. The SMILES string of the molecule is COC(C)C(C)NCCCCCO. The maximum absolute atomic E-state index is 8.56. The van der Waals surface area contributed by atoms with E-state index in [2.05, 4.69) is 19.2 Å². The minimum absolute atomic E-state index is 0.262. The Morgan fingerprint density at radius 3 is 2.46 bits per heavy atom. The summed E-state index contributed by atoms with van der Waals surface area (Å²) < 4.78 is 5.19. The first-order valence-electron chi connectivity index (χ1n) is 5.09. The minimum Gasteiger partial charge on any atom is -0.396 e. The number of methoxy groups -OCH3 is 1. The van der Waals surface area contributed by atoms with E-state index in [0.717, 1.165) is 25.8 Å². The molecule has 0 aromatic carbocycles. The molecule has 0 radical (unpaired) electrons. The summed E-state index contributed by atoms with van der Waals surface area (Å²) in [7, 11) is 1.73. The summed E-state index contributed by atoms with van der Waals surface area (Å²) in [5.74, 6) is 0. The van der Waals surface area contributed by atoms with E-state index in [1.165, 1.54) is 0 Å². The van der Waals surface area contributed by atoms with Gasteiger partial charge < -0.3 is 15.2 Å². The van der Waals surface area contributed by atoms with Crippen LogP contribution in [0.25, 0.3) is 0 Å². The first-order valence-corrected chi connectivity index (χ1v) is 5.09. The molecule has 2 unspecified atom stereocenters. The molecule has 3 nitrogen and oxygen atoms in total. The second-order valence-corrected chi connectivity index (χ2v) is 3.47. The molecular formula is C10H23NO2. The topological polar surface area (TPSA) is 41.5 Å². The highest BCUT2D eigenvalue weighted by atomic mass is 16.5. The van der Waals surface area contributed by atoms with E-state index in [-0.39, 0.29) is 6.10 Å². The number of nitrogens with one attached hydrogen (secondary N) is 1. The van der Waals surface area contributed by atoms with Crippen molar-refractivity contribution in [2.75, 3.05) is 20.3 Å². The molecule has 3 heteroatoms. The van der Waals surface area contributed by atoms with Gasteiger partial charge >= 0.3 is 0 Å². The highest BCUT2D eigenvalue weighted by molar-refractivity contribution is 4.67. The van der Waals surface area contributed by atoms with Gasteiger partial charge in [-0.15, -0.1) is 0 Å². The summed E-state index contributed by atoms with van der Waals surface area (Å²) in [6.07, 6.45) is 3.40. The average molecular weight is 189 g/mol. The van der Waals surface area contributed by atoms with Gasteiger partial charge in [0.05, 0.1) is 6.10 Å². The molecule has 0 aliphatic carbocycles. The highest BCUT2D eigenvalue weighted by Crippen LogP contribution is 1.97. The molecule has 0 bridgehead atoms. The first-order chi connectivity index (χ1) is 6.22. The molecule has 0 fully saturated rings. The Hall–Kier alpha value is -0.120. The van der Waals surface area contributed by atoms with E-state index in [0.29, 0.717) is 12.6 Å². The summed E-state index contributed by atoms with van der Waals surface area (Å²) in [5.41, 5.74) is 0. The summed E-state index contributed by atoms with van der Waals surface area (Å²) >= 11 is 0. The van der Waals surface area contributed by atoms with Gasteiger partial charge in [-0.05, 0) is 39.7 Å². The fourth-order valence-corrected chi connectivity index (χ4v) is 1.11. The summed E-state index contributed by atoms with van der Waals surface area (Å²) in [4.78, 5) is 0. The number of hydrogen-bond acceptors (Lipinski definition) is 3. The van der Waals surface area contributed by atoms with Crippen LogP contribution in [0, 0.1) is 0 Å². The number of aliphatic hydroxyl groups excluding tert-OH is 1. The Morgan fingerprint density at radius 2 is 1.92 bits per heavy atom. The molecule has 0 amide bonds. The maximum atomic E-state index is 8.56. The first kappa shape index (κ1) is 12.9. The van der Waals surface area contributed by atoms with E-state index in [1.807, 2.05) is 0 Å². The predicted octanol–water partition coefficient (Wildman–Crippen LogP) is 1.16. The number of unbranched alkanes of at least 4 members (excludes halogenated alkanes) is 2. The van der Waals surface area contributed by atoms with E-state index in [4.69, 9.17) is 9.84 Å². The average Bonchev–Trinajstić information content (AvgIpc) is 2.16. The van der Waals surface area contributed by atoms with Crippen molar-refractivity contribution in [3.05, 3.63) is 0 Å². The Labute approximate surface area is 81.5 Å². The largest absolute Gasteiger partial charge is 0.396 e. The van der Waals surface area contributed by atoms with Crippen molar-refractivity contribution in [1.29, 1.82) is 0 Å². The standard InChI is InChI=1S/C10H23NO2/c1-9(10(2)13-3)11-7-5-4-6-8-12/h9-12H,4-8H2,1-3H3. The number of aliphatic hydroxyl groups is 1. The molecule has 0 heterocycles. The third-order valence-corrected chi connectivity index (χ3v) is 2.38. The van der Waals surface area contributed by atoms with Crippen LogP contribution in [-0.2, 0) is 4.74 Å². The van der Waals surface area contributed by atoms with E-state index < -0.39 is 0 Å². The van der Waals surface area contributed by atoms with Crippen LogP contribution in [-0.4, -0.2) is 37.5 Å². The van der Waals surface area contributed by atoms with Crippen molar-refractivity contribution in [3.63, 3.8) is 0 Å². The van der Waals surface area contributed by atoms with Crippen LogP contribution in [0.1, 0.15) is 33.1 Å². The lowest BCUT2D eigenvalue weighted by Crippen LogP contribution is -2.37. The van der Waals surface area contributed by atoms with E-state index in [1.54, 1.807) is 7.11 Å². The molecule has 13 heavy (non-hydrogen) atoms. The van der Waals surface area contributed by atoms with Crippen molar-refractivity contribution in [2.24, 2.45) is 0 Å². The normalized spacial score (nSPS) is 15.7. The maximum Gasteiger partial charge on any atom is 0.0693 e. The molecule has 0 aliphatic heterocycles. The van der Waals surface area contributed by atoms with Gasteiger partial charge in [0, 0.05) is 19.8 Å². The molecule has 0 aromatic heterocycles. The lowest BCUT2D eigenvalue weighted by molar-refractivity contribution is 0.0886. The molecule has 2 N–H and O–H groups in total. The van der Waals surface area contributed by atoms with Gasteiger partial charge in [-0.25, -0.2) is 0 Å². The lowest BCUT2D eigenvalue weighted by atomic mass is 10.2. The molecule has 2 atom stereocenters. The zero-order valence-electron chi connectivity index (χ0n) is 9.05. The second-order valence-electron chi connectivity index (χ2n) is 3.47. The van der Waals surface area contributed by atoms with Gasteiger partial charge in [0.15, 0.2) is 0 Å². The van der Waals surface area contributed by atoms with Crippen LogP contribution < -0.4 is 5.32 Å². The van der Waals surface area contributed by atoms with Crippen LogP contribution in [0.5, 0.6) is 0 Å². The molecule has 0 aromatic rings. The van der Waals surface area contributed by atoms with Crippen LogP contribution >= 0.6 is 0 Å². The van der Waals surface area contributed by atoms with Crippen molar-refractivity contribution < 1.29 is 9.84 Å². The fourth-order valence-electron chi connectivity index (χ4n) is 1.11. The van der Waals surface area contributed by atoms with Gasteiger partial charge in [-0.3, -0.25) is 0 Å². The van der Waals surface area contributed by atoms with E-state index in [9.17, 15) is 0 Å². The van der Waals surface area contributed by atoms with Crippen LogP contribution in [0.4, 0.5) is 0 Å². The quantitative estimate of drug-likeness (QED) is 0.563. The zero-order valence-corrected chi connectivity index (χ0v) is 9.05. The summed E-state index contributed by atoms with van der Waals surface area (Å²) in [5, 5.41) is 11.9.